The Morgan fingerprint density at radius 3 is 2.90 bits per heavy atom. The van der Waals surface area contributed by atoms with Crippen molar-refractivity contribution < 1.29 is 9.53 Å². The lowest BCUT2D eigenvalue weighted by molar-refractivity contribution is -0.117. The van der Waals surface area contributed by atoms with Crippen molar-refractivity contribution in [2.75, 3.05) is 43.5 Å². The molecule has 0 radical (unpaired) electrons. The number of anilines is 2. The van der Waals surface area contributed by atoms with Gasteiger partial charge >= 0.3 is 0 Å². The van der Waals surface area contributed by atoms with Gasteiger partial charge in [0.25, 0.3) is 0 Å². The summed E-state index contributed by atoms with van der Waals surface area (Å²) < 4.78 is 5.30. The van der Waals surface area contributed by atoms with E-state index in [1.807, 2.05) is 11.8 Å². The number of ether oxygens (including phenoxy) is 1. The van der Waals surface area contributed by atoms with Gasteiger partial charge in [0.05, 0.1) is 25.0 Å². The summed E-state index contributed by atoms with van der Waals surface area (Å²) >= 11 is 1.95. The third-order valence-electron chi connectivity index (χ3n) is 3.40. The van der Waals surface area contributed by atoms with E-state index in [0.717, 1.165) is 18.8 Å². The summed E-state index contributed by atoms with van der Waals surface area (Å²) in [5.74, 6) is 1.71. The first kappa shape index (κ1) is 16.0. The minimum atomic E-state index is -0.0328. The minimum absolute atomic E-state index is 0.0328. The normalized spacial score (nSPS) is 18.2. The highest BCUT2D eigenvalue weighted by atomic mass is 32.2. The number of nitrogen functional groups attached to an aromatic ring is 1. The van der Waals surface area contributed by atoms with Gasteiger partial charge in [0.1, 0.15) is 5.75 Å². The highest BCUT2D eigenvalue weighted by Crippen LogP contribution is 2.29. The lowest BCUT2D eigenvalue weighted by atomic mass is 10.2. The molecule has 1 aliphatic heterocycles. The number of amides is 1. The van der Waals surface area contributed by atoms with Gasteiger partial charge in [-0.05, 0) is 26.0 Å². The van der Waals surface area contributed by atoms with Crippen LogP contribution in [0.1, 0.15) is 13.8 Å². The van der Waals surface area contributed by atoms with Gasteiger partial charge in [-0.15, -0.1) is 0 Å². The molecular formula is C15H23N3O2S. The van der Waals surface area contributed by atoms with Crippen LogP contribution in [0.4, 0.5) is 11.4 Å². The van der Waals surface area contributed by atoms with Crippen LogP contribution in [0.2, 0.25) is 0 Å². The first-order valence-corrected chi connectivity index (χ1v) is 7.98. The van der Waals surface area contributed by atoms with Gasteiger partial charge in [0.2, 0.25) is 5.91 Å². The smallest absolute Gasteiger partial charge is 0.238 e. The van der Waals surface area contributed by atoms with Crippen molar-refractivity contribution in [3.05, 3.63) is 18.2 Å². The molecule has 1 aliphatic rings. The fourth-order valence-electron chi connectivity index (χ4n) is 2.42. The summed E-state index contributed by atoms with van der Waals surface area (Å²) in [5.41, 5.74) is 7.05. The van der Waals surface area contributed by atoms with E-state index in [4.69, 9.17) is 10.5 Å². The van der Waals surface area contributed by atoms with Gasteiger partial charge in [0, 0.05) is 29.7 Å². The van der Waals surface area contributed by atoms with Crippen molar-refractivity contribution in [3.63, 3.8) is 0 Å². The molecule has 116 valence electrons. The van der Waals surface area contributed by atoms with Crippen LogP contribution in [0, 0.1) is 0 Å². The maximum atomic E-state index is 12.2. The molecule has 0 aliphatic carbocycles. The Morgan fingerprint density at radius 2 is 2.29 bits per heavy atom. The monoisotopic (exact) mass is 309 g/mol. The highest BCUT2D eigenvalue weighted by Gasteiger charge is 2.27. The second-order valence-electron chi connectivity index (χ2n) is 5.82. The van der Waals surface area contributed by atoms with Gasteiger partial charge in [-0.3, -0.25) is 9.69 Å². The van der Waals surface area contributed by atoms with Gasteiger partial charge in [-0.1, -0.05) is 0 Å². The van der Waals surface area contributed by atoms with Crippen LogP contribution in [0.15, 0.2) is 18.2 Å². The number of rotatable bonds is 4. The van der Waals surface area contributed by atoms with Crippen molar-refractivity contribution in [2.24, 2.45) is 0 Å². The molecule has 0 atom stereocenters. The van der Waals surface area contributed by atoms with Gasteiger partial charge < -0.3 is 15.8 Å². The second-order valence-corrected chi connectivity index (χ2v) is 7.62. The Labute approximate surface area is 130 Å². The van der Waals surface area contributed by atoms with Crippen LogP contribution in [0.5, 0.6) is 5.75 Å². The number of nitrogens with two attached hydrogens (primary N) is 1. The zero-order valence-electron chi connectivity index (χ0n) is 12.8. The van der Waals surface area contributed by atoms with Gasteiger partial charge in [0.15, 0.2) is 0 Å². The summed E-state index contributed by atoms with van der Waals surface area (Å²) in [6, 6.07) is 5.25. The summed E-state index contributed by atoms with van der Waals surface area (Å²) in [5, 5.41) is 2.87. The van der Waals surface area contributed by atoms with Crippen LogP contribution in [0.3, 0.4) is 0 Å². The predicted octanol–water partition coefficient (Wildman–Crippen LogP) is 2.04. The Hall–Kier alpha value is -1.40. The van der Waals surface area contributed by atoms with Gasteiger partial charge in [-0.2, -0.15) is 11.8 Å². The lowest BCUT2D eigenvalue weighted by Crippen LogP contribution is -2.46. The number of carbonyl (C=O) groups excluding carboxylic acids is 1. The molecule has 1 heterocycles. The number of nitrogens with zero attached hydrogens (tertiary/aromatic N) is 1. The summed E-state index contributed by atoms with van der Waals surface area (Å²) in [6.07, 6.45) is 0. The van der Waals surface area contributed by atoms with Crippen LogP contribution < -0.4 is 15.8 Å². The standard InChI is InChI=1S/C15H23N3O2S/c1-15(2)10-18(6-7-21-15)9-14(19)17-13-5-4-11(20-3)8-12(13)16/h4-5,8H,6-7,9-10,16H2,1-3H3,(H,17,19). The van der Waals surface area contributed by atoms with Gasteiger partial charge in [-0.25, -0.2) is 0 Å². The van der Waals surface area contributed by atoms with Crippen molar-refractivity contribution >= 4 is 29.0 Å². The number of hydrogen-bond acceptors (Lipinski definition) is 5. The summed E-state index contributed by atoms with van der Waals surface area (Å²) in [4.78, 5) is 14.3. The van der Waals surface area contributed by atoms with E-state index < -0.39 is 0 Å². The predicted molar refractivity (Wildman–Crippen MR) is 89.0 cm³/mol. The van der Waals surface area contributed by atoms with Crippen molar-refractivity contribution in [1.29, 1.82) is 0 Å². The maximum absolute atomic E-state index is 12.2. The lowest BCUT2D eigenvalue weighted by Gasteiger charge is -2.37. The third-order valence-corrected chi connectivity index (χ3v) is 4.70. The van der Waals surface area contributed by atoms with E-state index in [-0.39, 0.29) is 10.7 Å². The fraction of sp³-hybridized carbons (Fsp3) is 0.533. The quantitative estimate of drug-likeness (QED) is 0.833. The molecule has 6 heteroatoms. The number of nitrogens with one attached hydrogen (secondary N) is 1. The molecule has 1 amide bonds. The van der Waals surface area contributed by atoms with Crippen molar-refractivity contribution in [1.82, 2.24) is 4.90 Å². The molecule has 1 aromatic rings. The fourth-order valence-corrected chi connectivity index (χ4v) is 3.60. The minimum Gasteiger partial charge on any atom is -0.497 e. The Morgan fingerprint density at radius 1 is 1.52 bits per heavy atom. The Kier molecular flexibility index (Phi) is 5.00. The van der Waals surface area contributed by atoms with E-state index >= 15 is 0 Å². The third kappa shape index (κ3) is 4.54. The molecular weight excluding hydrogens is 286 g/mol. The van der Waals surface area contributed by atoms with E-state index in [9.17, 15) is 4.79 Å². The Bertz CT molecular complexity index is 520. The highest BCUT2D eigenvalue weighted by molar-refractivity contribution is 8.00. The van der Waals surface area contributed by atoms with E-state index in [0.29, 0.717) is 23.7 Å². The number of thioether (sulfide) groups is 1. The van der Waals surface area contributed by atoms with Crippen LogP contribution in [-0.4, -0.2) is 48.1 Å². The van der Waals surface area contributed by atoms with Crippen molar-refractivity contribution in [2.45, 2.75) is 18.6 Å². The van der Waals surface area contributed by atoms with E-state index in [1.165, 1.54) is 0 Å². The molecule has 21 heavy (non-hydrogen) atoms. The topological polar surface area (TPSA) is 67.6 Å². The average Bonchev–Trinajstić information content (AvgIpc) is 2.39. The molecule has 3 N–H and O–H groups in total. The molecule has 1 fully saturated rings. The average molecular weight is 309 g/mol. The molecule has 2 rings (SSSR count). The zero-order chi connectivity index (χ0) is 15.5. The van der Waals surface area contributed by atoms with Crippen LogP contribution in [0.25, 0.3) is 0 Å². The second kappa shape index (κ2) is 6.58. The van der Waals surface area contributed by atoms with Crippen LogP contribution in [-0.2, 0) is 4.79 Å². The van der Waals surface area contributed by atoms with Crippen LogP contribution >= 0.6 is 11.8 Å². The zero-order valence-corrected chi connectivity index (χ0v) is 13.6. The largest absolute Gasteiger partial charge is 0.497 e. The molecule has 0 spiro atoms. The summed E-state index contributed by atoms with van der Waals surface area (Å²) in [7, 11) is 1.59. The number of hydrogen-bond donors (Lipinski definition) is 2. The molecule has 0 aromatic heterocycles. The molecule has 1 aromatic carbocycles. The maximum Gasteiger partial charge on any atom is 0.238 e. The first-order valence-electron chi connectivity index (χ1n) is 6.99. The first-order chi connectivity index (χ1) is 9.89. The summed E-state index contributed by atoms with van der Waals surface area (Å²) in [6.45, 7) is 6.69. The number of benzene rings is 1. The molecule has 0 bridgehead atoms. The number of methoxy groups -OCH3 is 1. The molecule has 1 saturated heterocycles. The van der Waals surface area contributed by atoms with Crippen molar-refractivity contribution in [3.8, 4) is 5.75 Å². The molecule has 0 saturated carbocycles. The molecule has 0 unspecified atom stereocenters. The molecule has 5 nitrogen and oxygen atoms in total. The Balaban J connectivity index is 1.92. The van der Waals surface area contributed by atoms with E-state index in [2.05, 4.69) is 24.1 Å². The number of carbonyl (C=O) groups is 1. The van der Waals surface area contributed by atoms with E-state index in [1.54, 1.807) is 25.3 Å². The SMILES string of the molecule is COc1ccc(NC(=O)CN2CCSC(C)(C)C2)c(N)c1.